The predicted octanol–water partition coefficient (Wildman–Crippen LogP) is 1.66. The van der Waals surface area contributed by atoms with Crippen LogP contribution in [0.15, 0.2) is 18.3 Å². The second-order valence-corrected chi connectivity index (χ2v) is 2.95. The van der Waals surface area contributed by atoms with Gasteiger partial charge in [-0.1, -0.05) is 0 Å². The van der Waals surface area contributed by atoms with Crippen LogP contribution in [-0.4, -0.2) is 18.1 Å². The number of pyridine rings is 1. The van der Waals surface area contributed by atoms with Gasteiger partial charge in [0.2, 0.25) is 5.88 Å². The van der Waals surface area contributed by atoms with Crippen molar-refractivity contribution in [3.8, 4) is 5.88 Å². The average molecular weight is 164 g/mol. The summed E-state index contributed by atoms with van der Waals surface area (Å²) >= 11 is 0. The average Bonchev–Trinajstić information content (AvgIpc) is 2.89. The van der Waals surface area contributed by atoms with Gasteiger partial charge in [0.15, 0.2) is 0 Å². The molecule has 1 aliphatic rings. The molecule has 1 aromatic rings. The first-order valence-corrected chi connectivity index (χ1v) is 4.19. The molecule has 0 atom stereocenters. The number of aromatic nitrogens is 1. The molecule has 64 valence electrons. The molecule has 0 spiro atoms. The van der Waals surface area contributed by atoms with Gasteiger partial charge in [-0.15, -0.1) is 0 Å². The van der Waals surface area contributed by atoms with Gasteiger partial charge in [-0.25, -0.2) is 4.98 Å². The van der Waals surface area contributed by atoms with Gasteiger partial charge >= 0.3 is 0 Å². The molecule has 12 heavy (non-hydrogen) atoms. The monoisotopic (exact) mass is 164 g/mol. The first kappa shape index (κ1) is 7.40. The van der Waals surface area contributed by atoms with Crippen LogP contribution in [0, 0.1) is 0 Å². The van der Waals surface area contributed by atoms with Gasteiger partial charge in [0.25, 0.3) is 0 Å². The normalized spacial score (nSPS) is 15.8. The highest BCUT2D eigenvalue weighted by atomic mass is 16.5. The number of nitrogens with zero attached hydrogens (tertiary/aromatic N) is 1. The highest BCUT2D eigenvalue weighted by molar-refractivity contribution is 5.44. The van der Waals surface area contributed by atoms with E-state index in [4.69, 9.17) is 4.74 Å². The van der Waals surface area contributed by atoms with Gasteiger partial charge in [-0.3, -0.25) is 0 Å². The van der Waals surface area contributed by atoms with Crippen molar-refractivity contribution in [1.82, 2.24) is 4.98 Å². The van der Waals surface area contributed by atoms with E-state index in [9.17, 15) is 0 Å². The van der Waals surface area contributed by atoms with Crippen LogP contribution in [0.1, 0.15) is 12.8 Å². The minimum atomic E-state index is 0.421. The van der Waals surface area contributed by atoms with E-state index in [1.165, 1.54) is 12.8 Å². The van der Waals surface area contributed by atoms with E-state index in [2.05, 4.69) is 10.3 Å². The lowest BCUT2D eigenvalue weighted by Gasteiger charge is -2.04. The van der Waals surface area contributed by atoms with Gasteiger partial charge < -0.3 is 10.1 Å². The van der Waals surface area contributed by atoms with Gasteiger partial charge in [0, 0.05) is 25.0 Å². The molecule has 0 radical (unpaired) electrons. The zero-order valence-electron chi connectivity index (χ0n) is 7.08. The summed E-state index contributed by atoms with van der Waals surface area (Å²) in [6.45, 7) is 0. The lowest BCUT2D eigenvalue weighted by atomic mass is 10.4. The molecule has 1 fully saturated rings. The minimum Gasteiger partial charge on any atom is -0.474 e. The molecule has 1 heterocycles. The molecule has 0 unspecified atom stereocenters. The standard InChI is InChI=1S/C9H12N2O/c1-10-7-4-5-11-9(6-7)12-8-2-3-8/h4-6,8H,2-3H2,1H3,(H,10,11). The van der Waals surface area contributed by atoms with Crippen molar-refractivity contribution in [2.75, 3.05) is 12.4 Å². The van der Waals surface area contributed by atoms with Crippen LogP contribution < -0.4 is 10.1 Å². The summed E-state index contributed by atoms with van der Waals surface area (Å²) in [5, 5.41) is 3.04. The summed E-state index contributed by atoms with van der Waals surface area (Å²) in [5.74, 6) is 0.726. The number of hydrogen-bond donors (Lipinski definition) is 1. The van der Waals surface area contributed by atoms with Crippen LogP contribution in [0.2, 0.25) is 0 Å². The second kappa shape index (κ2) is 3.01. The predicted molar refractivity (Wildman–Crippen MR) is 47.4 cm³/mol. The van der Waals surface area contributed by atoms with Crippen molar-refractivity contribution >= 4 is 5.69 Å². The molecule has 0 amide bonds. The highest BCUT2D eigenvalue weighted by Gasteiger charge is 2.23. The van der Waals surface area contributed by atoms with Gasteiger partial charge in [0.05, 0.1) is 0 Å². The lowest BCUT2D eigenvalue weighted by molar-refractivity contribution is 0.291. The van der Waals surface area contributed by atoms with Crippen LogP contribution in [-0.2, 0) is 0 Å². The first-order valence-electron chi connectivity index (χ1n) is 4.19. The molecule has 1 aliphatic carbocycles. The quantitative estimate of drug-likeness (QED) is 0.737. The summed E-state index contributed by atoms with van der Waals surface area (Å²) in [7, 11) is 1.89. The third-order valence-corrected chi connectivity index (χ3v) is 1.84. The Bertz CT molecular complexity index is 271. The van der Waals surface area contributed by atoms with Crippen molar-refractivity contribution in [2.45, 2.75) is 18.9 Å². The maximum Gasteiger partial charge on any atom is 0.215 e. The molecule has 0 bridgehead atoms. The van der Waals surface area contributed by atoms with Crippen LogP contribution in [0.25, 0.3) is 0 Å². The Labute approximate surface area is 71.8 Å². The van der Waals surface area contributed by atoms with Crippen LogP contribution in [0.4, 0.5) is 5.69 Å². The van der Waals surface area contributed by atoms with E-state index < -0.39 is 0 Å². The first-order chi connectivity index (χ1) is 5.88. The molecule has 3 nitrogen and oxygen atoms in total. The molecule has 0 saturated heterocycles. The summed E-state index contributed by atoms with van der Waals surface area (Å²) in [6, 6.07) is 3.83. The van der Waals surface area contributed by atoms with Crippen molar-refractivity contribution in [2.24, 2.45) is 0 Å². The molecule has 3 heteroatoms. The van der Waals surface area contributed by atoms with E-state index >= 15 is 0 Å². The molecule has 0 aliphatic heterocycles. The van der Waals surface area contributed by atoms with Crippen LogP contribution in [0.3, 0.4) is 0 Å². The fourth-order valence-corrected chi connectivity index (χ4v) is 0.986. The lowest BCUT2D eigenvalue weighted by Crippen LogP contribution is -1.98. The Morgan fingerprint density at radius 1 is 1.58 bits per heavy atom. The number of anilines is 1. The molecule has 1 aromatic heterocycles. The summed E-state index contributed by atoms with van der Waals surface area (Å²) in [6.07, 6.45) is 4.52. The van der Waals surface area contributed by atoms with E-state index in [1.807, 2.05) is 19.2 Å². The summed E-state index contributed by atoms with van der Waals surface area (Å²) in [5.41, 5.74) is 1.04. The third kappa shape index (κ3) is 1.67. The van der Waals surface area contributed by atoms with Crippen molar-refractivity contribution < 1.29 is 4.74 Å². The van der Waals surface area contributed by atoms with Crippen LogP contribution in [0.5, 0.6) is 5.88 Å². The Balaban J connectivity index is 2.08. The van der Waals surface area contributed by atoms with Crippen molar-refractivity contribution in [3.63, 3.8) is 0 Å². The molecule has 1 N–H and O–H groups in total. The maximum atomic E-state index is 5.52. The molecular formula is C9H12N2O. The Hall–Kier alpha value is -1.25. The SMILES string of the molecule is CNc1ccnc(OC2CC2)c1. The summed E-state index contributed by atoms with van der Waals surface area (Å²) < 4.78 is 5.52. The molecule has 0 aromatic carbocycles. The number of hydrogen-bond acceptors (Lipinski definition) is 3. The Morgan fingerprint density at radius 3 is 3.08 bits per heavy atom. The highest BCUT2D eigenvalue weighted by Crippen LogP contribution is 2.26. The smallest absolute Gasteiger partial charge is 0.215 e. The minimum absolute atomic E-state index is 0.421. The fraction of sp³-hybridized carbons (Fsp3) is 0.444. The van der Waals surface area contributed by atoms with Crippen molar-refractivity contribution in [3.05, 3.63) is 18.3 Å². The fourth-order valence-electron chi connectivity index (χ4n) is 0.986. The van der Waals surface area contributed by atoms with E-state index in [0.29, 0.717) is 6.10 Å². The number of nitrogens with one attached hydrogen (secondary N) is 1. The topological polar surface area (TPSA) is 34.2 Å². The molecular weight excluding hydrogens is 152 g/mol. The van der Waals surface area contributed by atoms with Gasteiger partial charge in [-0.05, 0) is 18.9 Å². The van der Waals surface area contributed by atoms with Crippen molar-refractivity contribution in [1.29, 1.82) is 0 Å². The Kier molecular flexibility index (Phi) is 1.86. The second-order valence-electron chi connectivity index (χ2n) is 2.95. The van der Waals surface area contributed by atoms with E-state index in [-0.39, 0.29) is 0 Å². The Morgan fingerprint density at radius 2 is 2.42 bits per heavy atom. The van der Waals surface area contributed by atoms with E-state index in [1.54, 1.807) is 6.20 Å². The van der Waals surface area contributed by atoms with Crippen LogP contribution >= 0.6 is 0 Å². The summed E-state index contributed by atoms with van der Waals surface area (Å²) in [4.78, 5) is 4.11. The van der Waals surface area contributed by atoms with Gasteiger partial charge in [0.1, 0.15) is 6.10 Å². The van der Waals surface area contributed by atoms with E-state index in [0.717, 1.165) is 11.6 Å². The third-order valence-electron chi connectivity index (χ3n) is 1.84. The largest absolute Gasteiger partial charge is 0.474 e. The van der Waals surface area contributed by atoms with Gasteiger partial charge in [-0.2, -0.15) is 0 Å². The maximum absolute atomic E-state index is 5.52. The molecule has 1 saturated carbocycles. The molecule has 2 rings (SSSR count). The number of ether oxygens (including phenoxy) is 1. The zero-order valence-corrected chi connectivity index (χ0v) is 7.08. The number of rotatable bonds is 3. The zero-order chi connectivity index (χ0) is 8.39.